The molecule has 0 spiro atoms. The van der Waals surface area contributed by atoms with Crippen LogP contribution in [-0.2, 0) is 9.53 Å². The minimum atomic E-state index is -0.788. The van der Waals surface area contributed by atoms with Crippen molar-refractivity contribution in [1.82, 2.24) is 10.2 Å². The maximum Gasteiger partial charge on any atom is 0.317 e. The molecular formula is C14H24N2O4. The molecule has 1 heterocycles. The van der Waals surface area contributed by atoms with Crippen LogP contribution in [-0.4, -0.2) is 54.4 Å². The van der Waals surface area contributed by atoms with Crippen molar-refractivity contribution >= 4 is 12.0 Å². The number of hydrogen-bond acceptors (Lipinski definition) is 3. The molecule has 0 aromatic heterocycles. The zero-order valence-electron chi connectivity index (χ0n) is 12.1. The molecule has 0 bridgehead atoms. The summed E-state index contributed by atoms with van der Waals surface area (Å²) in [6.45, 7) is 3.94. The fourth-order valence-electron chi connectivity index (χ4n) is 3.12. The molecule has 1 unspecified atom stereocenters. The Morgan fingerprint density at radius 2 is 2.10 bits per heavy atom. The van der Waals surface area contributed by atoms with Crippen molar-refractivity contribution in [2.45, 2.75) is 45.1 Å². The highest BCUT2D eigenvalue weighted by Gasteiger charge is 2.42. The minimum absolute atomic E-state index is 0.0908. The Kier molecular flexibility index (Phi) is 4.86. The lowest BCUT2D eigenvalue weighted by Crippen LogP contribution is -2.54. The van der Waals surface area contributed by atoms with Gasteiger partial charge < -0.3 is 20.1 Å². The Hall–Kier alpha value is -1.30. The van der Waals surface area contributed by atoms with Crippen LogP contribution in [0.1, 0.15) is 39.0 Å². The van der Waals surface area contributed by atoms with Crippen molar-refractivity contribution in [1.29, 1.82) is 0 Å². The lowest BCUT2D eigenvalue weighted by Gasteiger charge is -2.36. The van der Waals surface area contributed by atoms with Crippen LogP contribution in [0.5, 0.6) is 0 Å². The van der Waals surface area contributed by atoms with E-state index in [1.807, 2.05) is 6.92 Å². The molecule has 0 aromatic rings. The van der Waals surface area contributed by atoms with Crippen molar-refractivity contribution in [2.75, 3.05) is 26.3 Å². The summed E-state index contributed by atoms with van der Waals surface area (Å²) in [4.78, 5) is 25.5. The van der Waals surface area contributed by atoms with Crippen molar-refractivity contribution < 1.29 is 19.4 Å². The van der Waals surface area contributed by atoms with Gasteiger partial charge in [-0.15, -0.1) is 0 Å². The van der Waals surface area contributed by atoms with Gasteiger partial charge in [0.2, 0.25) is 0 Å². The maximum absolute atomic E-state index is 12.3. The van der Waals surface area contributed by atoms with Gasteiger partial charge in [0.15, 0.2) is 0 Å². The molecule has 0 aromatic carbocycles. The molecule has 1 saturated heterocycles. The topological polar surface area (TPSA) is 78.9 Å². The molecule has 1 saturated carbocycles. The van der Waals surface area contributed by atoms with Gasteiger partial charge in [0.1, 0.15) is 0 Å². The monoisotopic (exact) mass is 284 g/mol. The number of carbonyl (C=O) groups excluding carboxylic acids is 1. The lowest BCUT2D eigenvalue weighted by atomic mass is 9.86. The molecule has 20 heavy (non-hydrogen) atoms. The number of hydrogen-bond donors (Lipinski definition) is 2. The molecule has 6 nitrogen and oxygen atoms in total. The van der Waals surface area contributed by atoms with Gasteiger partial charge in [-0.25, -0.2) is 4.79 Å². The molecule has 2 rings (SSSR count). The summed E-state index contributed by atoms with van der Waals surface area (Å²) in [5, 5.41) is 12.2. The van der Waals surface area contributed by atoms with E-state index in [4.69, 9.17) is 4.74 Å². The molecule has 114 valence electrons. The van der Waals surface area contributed by atoms with Gasteiger partial charge in [0, 0.05) is 13.1 Å². The first-order valence-corrected chi connectivity index (χ1v) is 7.45. The summed E-state index contributed by atoms with van der Waals surface area (Å²) in [7, 11) is 0. The second kappa shape index (κ2) is 6.43. The Morgan fingerprint density at radius 1 is 1.40 bits per heavy atom. The number of carboxylic acid groups (broad SMARTS) is 1. The standard InChI is InChI=1S/C14H24N2O4/c1-2-11-9-20-8-7-16(11)13(19)15-10-14(12(17)18)5-3-4-6-14/h11H,2-10H2,1H3,(H,15,19)(H,17,18). The number of carbonyl (C=O) groups is 2. The Bertz CT molecular complexity index is 366. The fraction of sp³-hybridized carbons (Fsp3) is 0.857. The molecule has 2 fully saturated rings. The van der Waals surface area contributed by atoms with E-state index in [0.29, 0.717) is 32.6 Å². The normalized spacial score (nSPS) is 25.4. The van der Waals surface area contributed by atoms with Gasteiger partial charge in [0.25, 0.3) is 0 Å². The van der Waals surface area contributed by atoms with E-state index in [1.165, 1.54) is 0 Å². The average molecular weight is 284 g/mol. The fourth-order valence-corrected chi connectivity index (χ4v) is 3.12. The van der Waals surface area contributed by atoms with Crippen molar-refractivity contribution in [3.63, 3.8) is 0 Å². The van der Waals surface area contributed by atoms with Crippen LogP contribution in [0.4, 0.5) is 4.79 Å². The number of nitrogens with one attached hydrogen (secondary N) is 1. The highest BCUT2D eigenvalue weighted by atomic mass is 16.5. The van der Waals surface area contributed by atoms with E-state index in [0.717, 1.165) is 19.3 Å². The average Bonchev–Trinajstić information content (AvgIpc) is 2.95. The van der Waals surface area contributed by atoms with Gasteiger partial charge in [-0.05, 0) is 19.3 Å². The predicted molar refractivity (Wildman–Crippen MR) is 73.5 cm³/mol. The number of nitrogens with zero attached hydrogens (tertiary/aromatic N) is 1. The van der Waals surface area contributed by atoms with E-state index in [1.54, 1.807) is 4.90 Å². The van der Waals surface area contributed by atoms with Gasteiger partial charge >= 0.3 is 12.0 Å². The summed E-state index contributed by atoms with van der Waals surface area (Å²) < 4.78 is 5.37. The van der Waals surface area contributed by atoms with Gasteiger partial charge in [0.05, 0.1) is 24.7 Å². The summed E-state index contributed by atoms with van der Waals surface area (Å²) in [5.74, 6) is -0.788. The summed E-state index contributed by atoms with van der Waals surface area (Å²) >= 11 is 0. The zero-order chi connectivity index (χ0) is 14.6. The number of ether oxygens (including phenoxy) is 1. The number of morpholine rings is 1. The highest BCUT2D eigenvalue weighted by Crippen LogP contribution is 2.37. The minimum Gasteiger partial charge on any atom is -0.481 e. The third-order valence-corrected chi connectivity index (χ3v) is 4.55. The van der Waals surface area contributed by atoms with Crippen LogP contribution in [0, 0.1) is 5.41 Å². The molecule has 2 N–H and O–H groups in total. The number of amides is 2. The van der Waals surface area contributed by atoms with E-state index in [2.05, 4.69) is 5.32 Å². The molecular weight excluding hydrogens is 260 g/mol. The van der Waals surface area contributed by atoms with Crippen LogP contribution in [0.15, 0.2) is 0 Å². The zero-order valence-corrected chi connectivity index (χ0v) is 12.1. The third kappa shape index (κ3) is 3.06. The Balaban J connectivity index is 1.92. The first kappa shape index (κ1) is 15.1. The van der Waals surface area contributed by atoms with Crippen LogP contribution in [0.3, 0.4) is 0 Å². The maximum atomic E-state index is 12.3. The molecule has 0 radical (unpaired) electrons. The van der Waals surface area contributed by atoms with E-state index in [-0.39, 0.29) is 18.6 Å². The predicted octanol–water partition coefficient (Wildman–Crippen LogP) is 1.45. The first-order valence-electron chi connectivity index (χ1n) is 7.45. The summed E-state index contributed by atoms with van der Waals surface area (Å²) in [5.41, 5.74) is -0.760. The Labute approximate surface area is 119 Å². The van der Waals surface area contributed by atoms with Crippen LogP contribution in [0.2, 0.25) is 0 Å². The summed E-state index contributed by atoms with van der Waals surface area (Å²) in [6, 6.07) is -0.0687. The molecule has 1 atom stereocenters. The molecule has 2 amide bonds. The van der Waals surface area contributed by atoms with E-state index >= 15 is 0 Å². The number of aliphatic carboxylic acids is 1. The van der Waals surface area contributed by atoms with Gasteiger partial charge in [-0.1, -0.05) is 19.8 Å². The van der Waals surface area contributed by atoms with Crippen molar-refractivity contribution in [2.24, 2.45) is 5.41 Å². The highest BCUT2D eigenvalue weighted by molar-refractivity contribution is 5.78. The second-order valence-corrected chi connectivity index (χ2v) is 5.78. The van der Waals surface area contributed by atoms with Crippen LogP contribution >= 0.6 is 0 Å². The quantitative estimate of drug-likeness (QED) is 0.819. The molecule has 1 aliphatic carbocycles. The number of urea groups is 1. The van der Waals surface area contributed by atoms with E-state index in [9.17, 15) is 14.7 Å². The van der Waals surface area contributed by atoms with Gasteiger partial charge in [-0.3, -0.25) is 4.79 Å². The lowest BCUT2D eigenvalue weighted by molar-refractivity contribution is -0.148. The SMILES string of the molecule is CCC1COCCN1C(=O)NCC1(C(=O)O)CCCC1. The number of carboxylic acids is 1. The first-order chi connectivity index (χ1) is 9.59. The third-order valence-electron chi connectivity index (χ3n) is 4.55. The smallest absolute Gasteiger partial charge is 0.317 e. The number of rotatable bonds is 4. The van der Waals surface area contributed by atoms with Crippen molar-refractivity contribution in [3.05, 3.63) is 0 Å². The van der Waals surface area contributed by atoms with Crippen molar-refractivity contribution in [3.8, 4) is 0 Å². The molecule has 1 aliphatic heterocycles. The van der Waals surface area contributed by atoms with E-state index < -0.39 is 11.4 Å². The summed E-state index contributed by atoms with van der Waals surface area (Å²) in [6.07, 6.45) is 4.01. The second-order valence-electron chi connectivity index (χ2n) is 5.78. The van der Waals surface area contributed by atoms with Crippen LogP contribution < -0.4 is 5.32 Å². The Morgan fingerprint density at radius 3 is 2.70 bits per heavy atom. The molecule has 2 aliphatic rings. The van der Waals surface area contributed by atoms with Gasteiger partial charge in [-0.2, -0.15) is 0 Å². The van der Waals surface area contributed by atoms with Crippen LogP contribution in [0.25, 0.3) is 0 Å². The largest absolute Gasteiger partial charge is 0.481 e. The molecule has 6 heteroatoms.